The van der Waals surface area contributed by atoms with Crippen LogP contribution >= 0.6 is 23.2 Å². The molecular formula is C16H16Cl2FN. The van der Waals surface area contributed by atoms with Crippen molar-refractivity contribution < 1.29 is 4.39 Å². The van der Waals surface area contributed by atoms with Crippen molar-refractivity contribution in [3.05, 3.63) is 69.0 Å². The maximum atomic E-state index is 13.1. The first-order valence-corrected chi connectivity index (χ1v) is 7.14. The lowest BCUT2D eigenvalue weighted by atomic mass is 9.97. The Morgan fingerprint density at radius 1 is 1.20 bits per heavy atom. The van der Waals surface area contributed by atoms with E-state index in [2.05, 4.69) is 5.32 Å². The van der Waals surface area contributed by atoms with Gasteiger partial charge in [-0.25, -0.2) is 4.39 Å². The van der Waals surface area contributed by atoms with E-state index in [1.54, 1.807) is 6.07 Å². The summed E-state index contributed by atoms with van der Waals surface area (Å²) in [7, 11) is 1.88. The predicted octanol–water partition coefficient (Wildman–Crippen LogP) is 4.94. The van der Waals surface area contributed by atoms with E-state index in [4.69, 9.17) is 23.2 Å². The molecule has 0 aliphatic heterocycles. The third kappa shape index (κ3) is 3.32. The van der Waals surface area contributed by atoms with Gasteiger partial charge >= 0.3 is 0 Å². The first-order chi connectivity index (χ1) is 9.52. The second kappa shape index (κ2) is 6.57. The minimum Gasteiger partial charge on any atom is -0.313 e. The van der Waals surface area contributed by atoms with Crippen LogP contribution in [0.4, 0.5) is 4.39 Å². The van der Waals surface area contributed by atoms with E-state index in [9.17, 15) is 4.39 Å². The second-order valence-corrected chi connectivity index (χ2v) is 5.54. The molecule has 0 amide bonds. The van der Waals surface area contributed by atoms with Gasteiger partial charge in [0.2, 0.25) is 0 Å². The molecule has 2 aromatic rings. The highest BCUT2D eigenvalue weighted by atomic mass is 35.5. The van der Waals surface area contributed by atoms with E-state index in [0.29, 0.717) is 11.4 Å². The molecule has 1 nitrogen and oxygen atoms in total. The Labute approximate surface area is 128 Å². The van der Waals surface area contributed by atoms with E-state index in [-0.39, 0.29) is 11.9 Å². The lowest BCUT2D eigenvalue weighted by Crippen LogP contribution is -2.19. The van der Waals surface area contributed by atoms with Crippen molar-refractivity contribution in [2.75, 3.05) is 7.05 Å². The molecule has 0 aromatic heterocycles. The van der Waals surface area contributed by atoms with Crippen molar-refractivity contribution in [2.45, 2.75) is 19.4 Å². The highest BCUT2D eigenvalue weighted by molar-refractivity contribution is 6.32. The number of halogens is 3. The maximum Gasteiger partial charge on any atom is 0.124 e. The summed E-state index contributed by atoms with van der Waals surface area (Å²) in [5.41, 5.74) is 2.95. The molecule has 2 aromatic carbocycles. The predicted molar refractivity (Wildman–Crippen MR) is 83.1 cm³/mol. The zero-order valence-corrected chi connectivity index (χ0v) is 12.9. The molecule has 0 saturated carbocycles. The van der Waals surface area contributed by atoms with Gasteiger partial charge in [-0.15, -0.1) is 0 Å². The molecule has 0 radical (unpaired) electrons. The van der Waals surface area contributed by atoms with Gasteiger partial charge in [-0.2, -0.15) is 0 Å². The normalized spacial score (nSPS) is 12.4. The molecular weight excluding hydrogens is 296 g/mol. The Hall–Kier alpha value is -1.09. The summed E-state index contributed by atoms with van der Waals surface area (Å²) in [4.78, 5) is 0. The van der Waals surface area contributed by atoms with Gasteiger partial charge in [0, 0.05) is 16.1 Å². The number of benzene rings is 2. The van der Waals surface area contributed by atoms with Gasteiger partial charge in [0.1, 0.15) is 5.82 Å². The molecule has 0 saturated heterocycles. The van der Waals surface area contributed by atoms with Crippen LogP contribution in [0, 0.1) is 12.7 Å². The minimum absolute atomic E-state index is 0.0327. The SMILES string of the molecule is CNC(Cc1ccc(F)cc1Cl)c1cccc(C)c1Cl. The van der Waals surface area contributed by atoms with Gasteiger partial charge in [0.25, 0.3) is 0 Å². The number of aryl methyl sites for hydroxylation is 1. The van der Waals surface area contributed by atoms with Crippen molar-refractivity contribution in [1.82, 2.24) is 5.32 Å². The minimum atomic E-state index is -0.326. The number of likely N-dealkylation sites (N-methyl/N-ethyl adjacent to an activating group) is 1. The molecule has 0 spiro atoms. The standard InChI is InChI=1S/C16H16Cl2FN/c1-10-4-3-5-13(16(10)18)15(20-2)8-11-6-7-12(19)9-14(11)17/h3-7,9,15,20H,8H2,1-2H3. The third-order valence-electron chi connectivity index (χ3n) is 3.38. The summed E-state index contributed by atoms with van der Waals surface area (Å²) >= 11 is 12.5. The summed E-state index contributed by atoms with van der Waals surface area (Å²) in [5.74, 6) is -0.326. The van der Waals surface area contributed by atoms with Crippen molar-refractivity contribution in [3.8, 4) is 0 Å². The molecule has 20 heavy (non-hydrogen) atoms. The van der Waals surface area contributed by atoms with E-state index in [1.807, 2.05) is 32.2 Å². The number of rotatable bonds is 4. The molecule has 0 bridgehead atoms. The Morgan fingerprint density at radius 2 is 1.95 bits per heavy atom. The fourth-order valence-corrected chi connectivity index (χ4v) is 2.72. The first kappa shape index (κ1) is 15.3. The summed E-state index contributed by atoms with van der Waals surface area (Å²) in [6, 6.07) is 10.5. The van der Waals surface area contributed by atoms with Crippen molar-refractivity contribution in [2.24, 2.45) is 0 Å². The lowest BCUT2D eigenvalue weighted by Gasteiger charge is -2.19. The Morgan fingerprint density at radius 3 is 2.60 bits per heavy atom. The first-order valence-electron chi connectivity index (χ1n) is 6.39. The smallest absolute Gasteiger partial charge is 0.124 e. The lowest BCUT2D eigenvalue weighted by molar-refractivity contribution is 0.589. The van der Waals surface area contributed by atoms with Gasteiger partial charge < -0.3 is 5.32 Å². The van der Waals surface area contributed by atoms with E-state index in [1.165, 1.54) is 12.1 Å². The molecule has 1 unspecified atom stereocenters. The highest BCUT2D eigenvalue weighted by Gasteiger charge is 2.16. The van der Waals surface area contributed by atoms with Crippen molar-refractivity contribution in [3.63, 3.8) is 0 Å². The largest absolute Gasteiger partial charge is 0.313 e. The second-order valence-electron chi connectivity index (χ2n) is 4.76. The number of hydrogen-bond acceptors (Lipinski definition) is 1. The van der Waals surface area contributed by atoms with Crippen LogP contribution in [0.2, 0.25) is 10.0 Å². The molecule has 106 valence electrons. The maximum absolute atomic E-state index is 13.1. The zero-order valence-electron chi connectivity index (χ0n) is 11.4. The summed E-state index contributed by atoms with van der Waals surface area (Å²) in [6.07, 6.45) is 0.652. The molecule has 0 aliphatic carbocycles. The van der Waals surface area contributed by atoms with E-state index < -0.39 is 0 Å². The van der Waals surface area contributed by atoms with Crippen molar-refractivity contribution in [1.29, 1.82) is 0 Å². The van der Waals surface area contributed by atoms with Gasteiger partial charge in [0.15, 0.2) is 0 Å². The molecule has 0 fully saturated rings. The van der Waals surface area contributed by atoms with Gasteiger partial charge in [-0.05, 0) is 49.2 Å². The van der Waals surface area contributed by atoms with Crippen LogP contribution in [-0.2, 0) is 6.42 Å². The highest BCUT2D eigenvalue weighted by Crippen LogP contribution is 2.30. The van der Waals surface area contributed by atoms with Gasteiger partial charge in [-0.3, -0.25) is 0 Å². The van der Waals surface area contributed by atoms with Crippen LogP contribution in [0.15, 0.2) is 36.4 Å². The summed E-state index contributed by atoms with van der Waals surface area (Å²) < 4.78 is 13.1. The van der Waals surface area contributed by atoms with Gasteiger partial charge in [0.05, 0.1) is 0 Å². The summed E-state index contributed by atoms with van der Waals surface area (Å²) in [5, 5.41) is 4.43. The molecule has 4 heteroatoms. The van der Waals surface area contributed by atoms with E-state index in [0.717, 1.165) is 21.7 Å². The third-order valence-corrected chi connectivity index (χ3v) is 4.25. The molecule has 0 aliphatic rings. The van der Waals surface area contributed by atoms with Crippen LogP contribution in [0.25, 0.3) is 0 Å². The Balaban J connectivity index is 2.31. The molecule has 0 heterocycles. The van der Waals surface area contributed by atoms with Crippen LogP contribution in [0.5, 0.6) is 0 Å². The fraction of sp³-hybridized carbons (Fsp3) is 0.250. The van der Waals surface area contributed by atoms with Crippen molar-refractivity contribution >= 4 is 23.2 Å². The van der Waals surface area contributed by atoms with Crippen LogP contribution in [-0.4, -0.2) is 7.05 Å². The number of hydrogen-bond donors (Lipinski definition) is 1. The topological polar surface area (TPSA) is 12.0 Å². The van der Waals surface area contributed by atoms with Crippen LogP contribution < -0.4 is 5.32 Å². The van der Waals surface area contributed by atoms with Crippen LogP contribution in [0.1, 0.15) is 22.7 Å². The average Bonchev–Trinajstić information content (AvgIpc) is 2.42. The quantitative estimate of drug-likeness (QED) is 0.843. The summed E-state index contributed by atoms with van der Waals surface area (Å²) in [6.45, 7) is 1.98. The molecule has 1 N–H and O–H groups in total. The van der Waals surface area contributed by atoms with E-state index >= 15 is 0 Å². The Bertz CT molecular complexity index is 613. The zero-order chi connectivity index (χ0) is 14.7. The number of nitrogens with one attached hydrogen (secondary N) is 1. The monoisotopic (exact) mass is 311 g/mol. The average molecular weight is 312 g/mol. The molecule has 2 rings (SSSR count). The fourth-order valence-electron chi connectivity index (χ4n) is 2.21. The molecule has 1 atom stereocenters. The van der Waals surface area contributed by atoms with Gasteiger partial charge in [-0.1, -0.05) is 47.5 Å². The Kier molecular flexibility index (Phi) is 5.03. The van der Waals surface area contributed by atoms with Crippen LogP contribution in [0.3, 0.4) is 0 Å².